The molecule has 0 aliphatic carbocycles. The summed E-state index contributed by atoms with van der Waals surface area (Å²) in [4.78, 5) is 30.7. The minimum absolute atomic E-state index is 0. The third-order valence-electron chi connectivity index (χ3n) is 2.72. The van der Waals surface area contributed by atoms with Crippen LogP contribution in [0.4, 0.5) is 0 Å². The lowest BCUT2D eigenvalue weighted by atomic mass is 10.3. The maximum atomic E-state index is 12.1. The van der Waals surface area contributed by atoms with E-state index in [2.05, 4.69) is 20.0 Å². The number of pyridine rings is 1. The molecule has 0 saturated carbocycles. The molecule has 0 atom stereocenters. The van der Waals surface area contributed by atoms with Crippen LogP contribution in [0.3, 0.4) is 0 Å². The topological polar surface area (TPSA) is 137 Å². The highest BCUT2D eigenvalue weighted by Gasteiger charge is 2.15. The zero-order valence-corrected chi connectivity index (χ0v) is 13.3. The Kier molecular flexibility index (Phi) is 6.23. The van der Waals surface area contributed by atoms with Gasteiger partial charge in [0.05, 0.1) is 5.39 Å². The summed E-state index contributed by atoms with van der Waals surface area (Å²) >= 11 is 0. The van der Waals surface area contributed by atoms with E-state index < -0.39 is 21.3 Å². The number of hydrogen-bond acceptors (Lipinski definition) is 6. The van der Waals surface area contributed by atoms with Crippen molar-refractivity contribution >= 4 is 33.5 Å². The number of aromatic amines is 2. The number of aromatic nitrogens is 3. The maximum absolute atomic E-state index is 12.1. The highest BCUT2D eigenvalue weighted by atomic mass is 35.5. The molecule has 0 aliphatic heterocycles. The van der Waals surface area contributed by atoms with Crippen LogP contribution in [-0.2, 0) is 10.0 Å². The highest BCUT2D eigenvalue weighted by molar-refractivity contribution is 7.89. The van der Waals surface area contributed by atoms with E-state index in [1.807, 2.05) is 11.9 Å². The van der Waals surface area contributed by atoms with Crippen molar-refractivity contribution in [3.63, 3.8) is 0 Å². The second kappa shape index (κ2) is 7.49. The quantitative estimate of drug-likeness (QED) is 0.490. The summed E-state index contributed by atoms with van der Waals surface area (Å²) in [5.41, 5.74) is -1.35. The van der Waals surface area contributed by atoms with Gasteiger partial charge in [-0.05, 0) is 12.6 Å². The Morgan fingerprint density at radius 1 is 1.23 bits per heavy atom. The lowest BCUT2D eigenvalue weighted by Gasteiger charge is -2.07. The van der Waals surface area contributed by atoms with E-state index in [1.165, 1.54) is 6.07 Å². The van der Waals surface area contributed by atoms with E-state index in [9.17, 15) is 18.0 Å². The number of sulfonamides is 1. The zero-order chi connectivity index (χ0) is 15.5. The first-order chi connectivity index (χ1) is 9.94. The van der Waals surface area contributed by atoms with E-state index in [-0.39, 0.29) is 34.9 Å². The van der Waals surface area contributed by atoms with Crippen LogP contribution in [-0.4, -0.2) is 43.0 Å². The smallest absolute Gasteiger partial charge is 0.316 e. The molecule has 2 aromatic rings. The summed E-state index contributed by atoms with van der Waals surface area (Å²) in [7, 11) is -3.76. The molecular formula is C11H16ClN5O4S. The molecule has 22 heavy (non-hydrogen) atoms. The predicted octanol–water partition coefficient (Wildman–Crippen LogP) is -1.08. The molecule has 2 heterocycles. The first-order valence-corrected chi connectivity index (χ1v) is 7.75. The van der Waals surface area contributed by atoms with Gasteiger partial charge < -0.3 is 5.32 Å². The van der Waals surface area contributed by atoms with Crippen molar-refractivity contribution < 1.29 is 8.42 Å². The van der Waals surface area contributed by atoms with Crippen molar-refractivity contribution in [3.8, 4) is 0 Å². The summed E-state index contributed by atoms with van der Waals surface area (Å²) in [6.45, 7) is 3.36. The molecule has 0 radical (unpaired) electrons. The van der Waals surface area contributed by atoms with E-state index >= 15 is 0 Å². The van der Waals surface area contributed by atoms with Gasteiger partial charge in [-0.15, -0.1) is 12.4 Å². The number of halogens is 1. The first-order valence-electron chi connectivity index (χ1n) is 6.27. The fourth-order valence-corrected chi connectivity index (χ4v) is 2.71. The molecule has 0 spiro atoms. The lowest BCUT2D eigenvalue weighted by molar-refractivity contribution is 0.577. The van der Waals surface area contributed by atoms with Crippen LogP contribution >= 0.6 is 12.4 Å². The molecule has 122 valence electrons. The van der Waals surface area contributed by atoms with Gasteiger partial charge in [0.1, 0.15) is 10.5 Å². The Labute approximate surface area is 132 Å². The number of nitrogens with zero attached hydrogens (tertiary/aromatic N) is 1. The zero-order valence-electron chi connectivity index (χ0n) is 11.7. The van der Waals surface area contributed by atoms with Crippen LogP contribution < -0.4 is 21.3 Å². The molecular weight excluding hydrogens is 334 g/mol. The van der Waals surface area contributed by atoms with Crippen molar-refractivity contribution in [2.24, 2.45) is 0 Å². The number of nitrogens with one attached hydrogen (secondary N) is 4. The lowest BCUT2D eigenvalue weighted by Crippen LogP contribution is -2.32. The molecule has 11 heteroatoms. The minimum atomic E-state index is -3.76. The van der Waals surface area contributed by atoms with Gasteiger partial charge >= 0.3 is 5.69 Å². The summed E-state index contributed by atoms with van der Waals surface area (Å²) in [6.07, 6.45) is 1.09. The minimum Gasteiger partial charge on any atom is -0.316 e. The van der Waals surface area contributed by atoms with Crippen LogP contribution in [0.25, 0.3) is 11.0 Å². The van der Waals surface area contributed by atoms with Gasteiger partial charge in [-0.1, -0.05) is 6.92 Å². The standard InChI is InChI=1S/C11H15N5O4S.ClH/c1-2-12-3-4-14-21(19,20)7-5-8-9(13-6-7)15-11(18)16-10(8)17;/h5-6,12,14H,2-4H2,1H3,(H2,13,15,16,17,18);1H. The third kappa shape index (κ3) is 4.13. The average Bonchev–Trinajstić information content (AvgIpc) is 2.43. The third-order valence-corrected chi connectivity index (χ3v) is 4.15. The van der Waals surface area contributed by atoms with Gasteiger partial charge in [0.25, 0.3) is 5.56 Å². The van der Waals surface area contributed by atoms with E-state index in [0.717, 1.165) is 12.7 Å². The van der Waals surface area contributed by atoms with Crippen LogP contribution in [0.2, 0.25) is 0 Å². The Hall–Kier alpha value is -1.75. The Morgan fingerprint density at radius 3 is 2.64 bits per heavy atom. The van der Waals surface area contributed by atoms with E-state index in [1.54, 1.807) is 0 Å². The summed E-state index contributed by atoms with van der Waals surface area (Å²) in [6, 6.07) is 1.17. The van der Waals surface area contributed by atoms with E-state index in [0.29, 0.717) is 6.54 Å². The monoisotopic (exact) mass is 349 g/mol. The van der Waals surface area contributed by atoms with Gasteiger partial charge in [0.15, 0.2) is 0 Å². The van der Waals surface area contributed by atoms with Gasteiger partial charge in [-0.2, -0.15) is 0 Å². The largest absolute Gasteiger partial charge is 0.327 e. The normalized spacial score (nSPS) is 11.3. The fourth-order valence-electron chi connectivity index (χ4n) is 1.71. The van der Waals surface area contributed by atoms with Crippen LogP contribution in [0, 0.1) is 0 Å². The van der Waals surface area contributed by atoms with Crippen LogP contribution in [0.5, 0.6) is 0 Å². The number of H-pyrrole nitrogens is 2. The Bertz CT molecular complexity index is 861. The molecule has 4 N–H and O–H groups in total. The molecule has 0 aliphatic rings. The molecule has 0 unspecified atom stereocenters. The highest BCUT2D eigenvalue weighted by Crippen LogP contribution is 2.10. The summed E-state index contributed by atoms with van der Waals surface area (Å²) < 4.78 is 26.5. The number of fused-ring (bicyclic) bond motifs is 1. The molecule has 0 saturated heterocycles. The molecule has 0 bridgehead atoms. The molecule has 9 nitrogen and oxygen atoms in total. The molecule has 0 aromatic carbocycles. The van der Waals surface area contributed by atoms with Gasteiger partial charge in [-0.25, -0.2) is 22.9 Å². The van der Waals surface area contributed by atoms with Crippen LogP contribution in [0.15, 0.2) is 26.7 Å². The summed E-state index contributed by atoms with van der Waals surface area (Å²) in [5.74, 6) is 0. The van der Waals surface area contributed by atoms with Crippen molar-refractivity contribution in [1.29, 1.82) is 0 Å². The molecule has 2 aromatic heterocycles. The average molecular weight is 350 g/mol. The maximum Gasteiger partial charge on any atom is 0.327 e. The fraction of sp³-hybridized carbons (Fsp3) is 0.364. The predicted molar refractivity (Wildman–Crippen MR) is 84.0 cm³/mol. The van der Waals surface area contributed by atoms with Gasteiger partial charge in [0, 0.05) is 19.3 Å². The van der Waals surface area contributed by atoms with Crippen molar-refractivity contribution in [3.05, 3.63) is 33.1 Å². The van der Waals surface area contributed by atoms with Gasteiger partial charge in [0.2, 0.25) is 10.0 Å². The van der Waals surface area contributed by atoms with Crippen molar-refractivity contribution in [2.45, 2.75) is 11.8 Å². The molecule has 2 rings (SSSR count). The molecule has 0 amide bonds. The SMILES string of the molecule is CCNCCNS(=O)(=O)c1cnc2[nH]c(=O)[nH]c(=O)c2c1.Cl. The molecule has 0 fully saturated rings. The number of likely N-dealkylation sites (N-methyl/N-ethyl adjacent to an activating group) is 1. The number of hydrogen-bond donors (Lipinski definition) is 4. The van der Waals surface area contributed by atoms with Crippen molar-refractivity contribution in [2.75, 3.05) is 19.6 Å². The first kappa shape index (κ1) is 18.3. The van der Waals surface area contributed by atoms with Crippen LogP contribution in [0.1, 0.15) is 6.92 Å². The Morgan fingerprint density at radius 2 is 1.95 bits per heavy atom. The second-order valence-electron chi connectivity index (χ2n) is 4.23. The number of rotatable bonds is 6. The van der Waals surface area contributed by atoms with E-state index in [4.69, 9.17) is 0 Å². The second-order valence-corrected chi connectivity index (χ2v) is 5.99. The van der Waals surface area contributed by atoms with Crippen molar-refractivity contribution in [1.82, 2.24) is 25.0 Å². The van der Waals surface area contributed by atoms with Gasteiger partial charge in [-0.3, -0.25) is 14.8 Å². The Balaban J connectivity index is 0.00000242. The summed E-state index contributed by atoms with van der Waals surface area (Å²) in [5, 5.41) is 2.98.